The standard InChI is InChI=1S/C15H15NOS/c1-2-16-14-8-4-3-7-12(14)13(15(16)17)10-11-6-5-9-18-11/h3-9,13H,2,10H2,1H3/t13-/m0/s1. The van der Waals surface area contributed by atoms with Crippen LogP contribution >= 0.6 is 11.3 Å². The summed E-state index contributed by atoms with van der Waals surface area (Å²) in [6.07, 6.45) is 0.823. The Labute approximate surface area is 111 Å². The van der Waals surface area contributed by atoms with Crippen LogP contribution in [0, 0.1) is 0 Å². The van der Waals surface area contributed by atoms with E-state index in [4.69, 9.17) is 0 Å². The summed E-state index contributed by atoms with van der Waals surface area (Å²) in [7, 11) is 0. The van der Waals surface area contributed by atoms with Crippen molar-refractivity contribution in [2.45, 2.75) is 19.3 Å². The molecule has 1 aromatic heterocycles. The topological polar surface area (TPSA) is 20.3 Å². The summed E-state index contributed by atoms with van der Waals surface area (Å²) in [4.78, 5) is 15.6. The summed E-state index contributed by atoms with van der Waals surface area (Å²) in [5.74, 6) is 0.242. The van der Waals surface area contributed by atoms with Crippen LogP contribution in [0.15, 0.2) is 41.8 Å². The van der Waals surface area contributed by atoms with Crippen molar-refractivity contribution >= 4 is 22.9 Å². The number of rotatable bonds is 3. The van der Waals surface area contributed by atoms with Gasteiger partial charge < -0.3 is 4.90 Å². The number of thiophene rings is 1. The summed E-state index contributed by atoms with van der Waals surface area (Å²) in [5, 5.41) is 2.07. The lowest BCUT2D eigenvalue weighted by Crippen LogP contribution is -2.28. The van der Waals surface area contributed by atoms with E-state index in [1.54, 1.807) is 11.3 Å². The smallest absolute Gasteiger partial charge is 0.234 e. The van der Waals surface area contributed by atoms with E-state index < -0.39 is 0 Å². The van der Waals surface area contributed by atoms with Crippen LogP contribution in [0.2, 0.25) is 0 Å². The molecule has 0 saturated heterocycles. The maximum absolute atomic E-state index is 12.5. The molecule has 0 aliphatic carbocycles. The van der Waals surface area contributed by atoms with Gasteiger partial charge in [0, 0.05) is 17.1 Å². The average Bonchev–Trinajstić information content (AvgIpc) is 2.98. The van der Waals surface area contributed by atoms with Crippen LogP contribution in [0.25, 0.3) is 0 Å². The highest BCUT2D eigenvalue weighted by Gasteiger charge is 2.35. The molecule has 1 aliphatic heterocycles. The Balaban J connectivity index is 1.98. The first kappa shape index (κ1) is 11.5. The Hall–Kier alpha value is -1.61. The number of carbonyl (C=O) groups is 1. The second kappa shape index (κ2) is 4.58. The van der Waals surface area contributed by atoms with Crippen molar-refractivity contribution < 1.29 is 4.79 Å². The van der Waals surface area contributed by atoms with Crippen molar-refractivity contribution in [1.29, 1.82) is 0 Å². The molecule has 1 atom stereocenters. The van der Waals surface area contributed by atoms with Gasteiger partial charge in [0.15, 0.2) is 0 Å². The third kappa shape index (κ3) is 1.75. The molecule has 0 spiro atoms. The van der Waals surface area contributed by atoms with Gasteiger partial charge in [-0.15, -0.1) is 11.3 Å². The van der Waals surface area contributed by atoms with E-state index in [1.807, 2.05) is 36.1 Å². The Morgan fingerprint density at radius 1 is 1.22 bits per heavy atom. The molecule has 2 nitrogen and oxygen atoms in total. The molecule has 1 amide bonds. The largest absolute Gasteiger partial charge is 0.312 e. The second-order valence-electron chi connectivity index (χ2n) is 4.48. The molecule has 2 aromatic rings. The summed E-state index contributed by atoms with van der Waals surface area (Å²) >= 11 is 1.72. The SMILES string of the molecule is CCN1C(=O)[C@@H](Cc2cccs2)c2ccccc21. The fourth-order valence-corrected chi connectivity index (χ4v) is 3.37. The minimum atomic E-state index is -0.000185. The number of anilines is 1. The normalized spacial score (nSPS) is 18.2. The molecule has 0 N–H and O–H groups in total. The number of para-hydroxylation sites is 1. The molecular weight excluding hydrogens is 242 g/mol. The van der Waals surface area contributed by atoms with Gasteiger partial charge >= 0.3 is 0 Å². The van der Waals surface area contributed by atoms with Gasteiger partial charge in [-0.05, 0) is 36.4 Å². The van der Waals surface area contributed by atoms with Gasteiger partial charge in [-0.25, -0.2) is 0 Å². The Bertz CT molecular complexity index is 562. The van der Waals surface area contributed by atoms with Gasteiger partial charge in [-0.2, -0.15) is 0 Å². The lowest BCUT2D eigenvalue weighted by atomic mass is 9.97. The van der Waals surface area contributed by atoms with Crippen molar-refractivity contribution in [3.05, 3.63) is 52.2 Å². The molecule has 0 bridgehead atoms. The number of carbonyl (C=O) groups excluding carboxylic acids is 1. The number of fused-ring (bicyclic) bond motifs is 1. The van der Waals surface area contributed by atoms with Crippen molar-refractivity contribution in [1.82, 2.24) is 0 Å². The Kier molecular flexibility index (Phi) is 2.92. The maximum atomic E-state index is 12.5. The summed E-state index contributed by atoms with van der Waals surface area (Å²) in [5.41, 5.74) is 2.27. The van der Waals surface area contributed by atoms with Gasteiger partial charge in [0.25, 0.3) is 0 Å². The molecular formula is C15H15NOS. The van der Waals surface area contributed by atoms with Crippen LogP contribution in [0.1, 0.15) is 23.3 Å². The van der Waals surface area contributed by atoms with Crippen LogP contribution in [-0.2, 0) is 11.2 Å². The van der Waals surface area contributed by atoms with Gasteiger partial charge in [0.2, 0.25) is 5.91 Å². The fourth-order valence-electron chi connectivity index (χ4n) is 2.62. The van der Waals surface area contributed by atoms with Crippen LogP contribution in [0.5, 0.6) is 0 Å². The first-order valence-electron chi connectivity index (χ1n) is 6.24. The predicted octanol–water partition coefficient (Wildman–Crippen LogP) is 3.44. The van der Waals surface area contributed by atoms with Crippen molar-refractivity contribution in [3.8, 4) is 0 Å². The monoisotopic (exact) mass is 257 g/mol. The molecule has 3 heteroatoms. The third-order valence-electron chi connectivity index (χ3n) is 3.47. The van der Waals surface area contributed by atoms with E-state index in [2.05, 4.69) is 17.5 Å². The first-order valence-corrected chi connectivity index (χ1v) is 7.12. The molecule has 1 aromatic carbocycles. The molecule has 0 radical (unpaired) electrons. The lowest BCUT2D eigenvalue weighted by Gasteiger charge is -2.14. The second-order valence-corrected chi connectivity index (χ2v) is 5.51. The van der Waals surface area contributed by atoms with E-state index in [0.29, 0.717) is 0 Å². The summed E-state index contributed by atoms with van der Waals surface area (Å²) in [6, 6.07) is 12.3. The number of likely N-dealkylation sites (N-methyl/N-ethyl adjacent to an activating group) is 1. The van der Waals surface area contributed by atoms with E-state index in [-0.39, 0.29) is 11.8 Å². The molecule has 0 unspecified atom stereocenters. The minimum Gasteiger partial charge on any atom is -0.312 e. The van der Waals surface area contributed by atoms with Gasteiger partial charge in [-0.1, -0.05) is 24.3 Å². The highest BCUT2D eigenvalue weighted by Crippen LogP contribution is 2.39. The minimum absolute atomic E-state index is 0.000185. The molecule has 2 heterocycles. The zero-order valence-corrected chi connectivity index (χ0v) is 11.1. The van der Waals surface area contributed by atoms with Crippen molar-refractivity contribution in [2.75, 3.05) is 11.4 Å². The molecule has 1 aliphatic rings. The zero-order valence-electron chi connectivity index (χ0n) is 10.3. The Morgan fingerprint density at radius 2 is 2.06 bits per heavy atom. The quantitative estimate of drug-likeness (QED) is 0.825. The number of nitrogens with zero attached hydrogens (tertiary/aromatic N) is 1. The molecule has 92 valence electrons. The van der Waals surface area contributed by atoms with Crippen molar-refractivity contribution in [3.63, 3.8) is 0 Å². The number of hydrogen-bond donors (Lipinski definition) is 0. The maximum Gasteiger partial charge on any atom is 0.234 e. The van der Waals surface area contributed by atoms with Gasteiger partial charge in [0.05, 0.1) is 5.92 Å². The van der Waals surface area contributed by atoms with E-state index in [9.17, 15) is 4.79 Å². The predicted molar refractivity (Wildman–Crippen MR) is 75.2 cm³/mol. The van der Waals surface area contributed by atoms with E-state index in [0.717, 1.165) is 18.7 Å². The summed E-state index contributed by atoms with van der Waals surface area (Å²) in [6.45, 7) is 2.78. The molecule has 0 fully saturated rings. The fraction of sp³-hybridized carbons (Fsp3) is 0.267. The number of benzene rings is 1. The van der Waals surface area contributed by atoms with Crippen LogP contribution < -0.4 is 4.90 Å². The molecule has 0 saturated carbocycles. The third-order valence-corrected chi connectivity index (χ3v) is 4.37. The van der Waals surface area contributed by atoms with E-state index >= 15 is 0 Å². The van der Waals surface area contributed by atoms with E-state index in [1.165, 1.54) is 10.4 Å². The van der Waals surface area contributed by atoms with Gasteiger partial charge in [0.1, 0.15) is 0 Å². The average molecular weight is 257 g/mol. The number of amides is 1. The molecule has 18 heavy (non-hydrogen) atoms. The Morgan fingerprint density at radius 3 is 2.78 bits per heavy atom. The highest BCUT2D eigenvalue weighted by atomic mass is 32.1. The first-order chi connectivity index (χ1) is 8.81. The summed E-state index contributed by atoms with van der Waals surface area (Å²) < 4.78 is 0. The van der Waals surface area contributed by atoms with Gasteiger partial charge in [-0.3, -0.25) is 4.79 Å². The molecule has 3 rings (SSSR count). The van der Waals surface area contributed by atoms with Crippen LogP contribution in [0.3, 0.4) is 0 Å². The van der Waals surface area contributed by atoms with Crippen molar-refractivity contribution in [2.24, 2.45) is 0 Å². The van der Waals surface area contributed by atoms with Crippen LogP contribution in [0.4, 0.5) is 5.69 Å². The number of hydrogen-bond acceptors (Lipinski definition) is 2. The van der Waals surface area contributed by atoms with Crippen LogP contribution in [-0.4, -0.2) is 12.5 Å². The highest BCUT2D eigenvalue weighted by molar-refractivity contribution is 7.09. The zero-order chi connectivity index (χ0) is 12.5. The lowest BCUT2D eigenvalue weighted by molar-refractivity contribution is -0.119.